The molecule has 178 valence electrons. The number of carbonyl (C=O) groups is 1. The van der Waals surface area contributed by atoms with Gasteiger partial charge in [-0.15, -0.1) is 6.58 Å². The zero-order chi connectivity index (χ0) is 24.5. The Balaban J connectivity index is 1.51. The minimum Gasteiger partial charge on any atom is -0.368 e. The van der Waals surface area contributed by atoms with Gasteiger partial charge < -0.3 is 9.80 Å². The number of hydrogen-bond donors (Lipinski definition) is 0. The van der Waals surface area contributed by atoms with Gasteiger partial charge >= 0.3 is 0 Å². The Morgan fingerprint density at radius 1 is 1.06 bits per heavy atom. The molecule has 10 heteroatoms. The van der Waals surface area contributed by atoms with Gasteiger partial charge in [0, 0.05) is 44.6 Å². The van der Waals surface area contributed by atoms with Crippen LogP contribution in [0.15, 0.2) is 71.0 Å². The summed E-state index contributed by atoms with van der Waals surface area (Å²) in [4.78, 5) is 37.3. The first-order valence-corrected chi connectivity index (χ1v) is 12.3. The molecule has 0 aliphatic carbocycles. The highest BCUT2D eigenvalue weighted by atomic mass is 32.2. The summed E-state index contributed by atoms with van der Waals surface area (Å²) in [6.45, 7) is 6.60. The molecule has 35 heavy (non-hydrogen) atoms. The Kier molecular flexibility index (Phi) is 6.40. The molecule has 5 rings (SSSR count). The summed E-state index contributed by atoms with van der Waals surface area (Å²) >= 11 is 6.53. The number of carbonyl (C=O) groups excluding carboxylic acids is 1. The van der Waals surface area contributed by atoms with Crippen molar-refractivity contribution < 1.29 is 9.18 Å². The van der Waals surface area contributed by atoms with Crippen LogP contribution in [0.25, 0.3) is 11.7 Å². The molecule has 2 aromatic heterocycles. The Morgan fingerprint density at radius 2 is 1.77 bits per heavy atom. The van der Waals surface area contributed by atoms with E-state index in [-0.39, 0.29) is 17.3 Å². The number of amides is 1. The molecule has 2 saturated heterocycles. The zero-order valence-electron chi connectivity index (χ0n) is 18.8. The van der Waals surface area contributed by atoms with E-state index in [1.807, 2.05) is 6.07 Å². The van der Waals surface area contributed by atoms with Crippen LogP contribution in [0.1, 0.15) is 5.56 Å². The maximum absolute atomic E-state index is 13.5. The highest BCUT2D eigenvalue weighted by Crippen LogP contribution is 2.33. The lowest BCUT2D eigenvalue weighted by atomic mass is 10.2. The highest BCUT2D eigenvalue weighted by Gasteiger charge is 2.32. The molecule has 0 atom stereocenters. The van der Waals surface area contributed by atoms with E-state index in [1.54, 1.807) is 42.6 Å². The first-order chi connectivity index (χ1) is 17.0. The first-order valence-electron chi connectivity index (χ1n) is 11.1. The van der Waals surface area contributed by atoms with Gasteiger partial charge in [0.05, 0.1) is 10.5 Å². The van der Waals surface area contributed by atoms with Crippen LogP contribution in [-0.4, -0.2) is 57.2 Å². The number of aromatic nitrogens is 2. The van der Waals surface area contributed by atoms with Crippen molar-refractivity contribution in [1.29, 1.82) is 0 Å². The molecular formula is C25H22FN5O2S2. The highest BCUT2D eigenvalue weighted by molar-refractivity contribution is 8.26. The SMILES string of the molecule is C=CCN1C(=O)C(=Cc2c(N3CCN(c4ccc(F)cc4)CC3)nc3ccccn3c2=O)SC1=S. The van der Waals surface area contributed by atoms with Crippen LogP contribution < -0.4 is 15.4 Å². The zero-order valence-corrected chi connectivity index (χ0v) is 20.4. The number of thioether (sulfide) groups is 1. The van der Waals surface area contributed by atoms with Crippen LogP contribution in [-0.2, 0) is 4.79 Å². The summed E-state index contributed by atoms with van der Waals surface area (Å²) in [5, 5.41) is 0. The van der Waals surface area contributed by atoms with Crippen LogP contribution in [0.4, 0.5) is 15.9 Å². The fraction of sp³-hybridized carbons (Fsp3) is 0.200. The second-order valence-electron chi connectivity index (χ2n) is 8.11. The third-order valence-corrected chi connectivity index (χ3v) is 7.36. The number of anilines is 2. The molecule has 3 aromatic rings. The molecule has 2 fully saturated rings. The first kappa shape index (κ1) is 23.3. The number of pyridine rings is 1. The van der Waals surface area contributed by atoms with Gasteiger partial charge in [0.2, 0.25) is 0 Å². The summed E-state index contributed by atoms with van der Waals surface area (Å²) in [5.41, 5.74) is 1.58. The van der Waals surface area contributed by atoms with Gasteiger partial charge in [0.15, 0.2) is 0 Å². The van der Waals surface area contributed by atoms with Crippen molar-refractivity contribution in [3.63, 3.8) is 0 Å². The minimum atomic E-state index is -0.267. The Labute approximate surface area is 211 Å². The van der Waals surface area contributed by atoms with E-state index in [0.29, 0.717) is 59.0 Å². The summed E-state index contributed by atoms with van der Waals surface area (Å²) in [5.74, 6) is 0.0230. The molecule has 0 N–H and O–H groups in total. The molecule has 1 amide bonds. The predicted molar refractivity (Wildman–Crippen MR) is 142 cm³/mol. The summed E-state index contributed by atoms with van der Waals surface area (Å²) in [6.07, 6.45) is 4.90. The number of thiocarbonyl (C=S) groups is 1. The lowest BCUT2D eigenvalue weighted by molar-refractivity contribution is -0.121. The molecule has 4 heterocycles. The maximum atomic E-state index is 13.5. The van der Waals surface area contributed by atoms with Crippen molar-refractivity contribution in [2.24, 2.45) is 0 Å². The molecule has 0 bridgehead atoms. The van der Waals surface area contributed by atoms with Crippen LogP contribution >= 0.6 is 24.0 Å². The average molecular weight is 508 g/mol. The van der Waals surface area contributed by atoms with Crippen molar-refractivity contribution in [3.8, 4) is 0 Å². The molecule has 0 saturated carbocycles. The second kappa shape index (κ2) is 9.63. The Bertz CT molecular complexity index is 1410. The van der Waals surface area contributed by atoms with Crippen molar-refractivity contribution in [2.75, 3.05) is 42.5 Å². The average Bonchev–Trinajstić information content (AvgIpc) is 3.14. The van der Waals surface area contributed by atoms with E-state index in [1.165, 1.54) is 33.2 Å². The van der Waals surface area contributed by atoms with Gasteiger partial charge in [0.1, 0.15) is 21.6 Å². The second-order valence-corrected chi connectivity index (χ2v) is 9.79. The minimum absolute atomic E-state index is 0.246. The van der Waals surface area contributed by atoms with E-state index < -0.39 is 0 Å². The Hall–Kier alpha value is -3.50. The number of benzene rings is 1. The number of piperazine rings is 1. The molecule has 7 nitrogen and oxygen atoms in total. The van der Waals surface area contributed by atoms with E-state index in [9.17, 15) is 14.0 Å². The number of fused-ring (bicyclic) bond motifs is 1. The third kappa shape index (κ3) is 4.46. The molecule has 0 spiro atoms. The number of nitrogens with zero attached hydrogens (tertiary/aromatic N) is 5. The molecule has 1 aromatic carbocycles. The maximum Gasteiger partial charge on any atom is 0.267 e. The van der Waals surface area contributed by atoms with Crippen molar-refractivity contribution in [3.05, 3.63) is 88.0 Å². The summed E-state index contributed by atoms with van der Waals surface area (Å²) in [7, 11) is 0. The van der Waals surface area contributed by atoms with E-state index >= 15 is 0 Å². The van der Waals surface area contributed by atoms with Gasteiger partial charge in [-0.1, -0.05) is 36.1 Å². The van der Waals surface area contributed by atoms with Gasteiger partial charge in [-0.3, -0.25) is 18.9 Å². The Morgan fingerprint density at radius 3 is 2.49 bits per heavy atom. The monoisotopic (exact) mass is 507 g/mol. The predicted octanol–water partition coefficient (Wildman–Crippen LogP) is 3.55. The number of rotatable bonds is 5. The normalized spacial score (nSPS) is 17.6. The fourth-order valence-corrected chi connectivity index (χ4v) is 5.46. The van der Waals surface area contributed by atoms with Crippen molar-refractivity contribution in [1.82, 2.24) is 14.3 Å². The van der Waals surface area contributed by atoms with Crippen molar-refractivity contribution >= 4 is 57.4 Å². The van der Waals surface area contributed by atoms with Crippen LogP contribution in [0.2, 0.25) is 0 Å². The molecular weight excluding hydrogens is 485 g/mol. The largest absolute Gasteiger partial charge is 0.368 e. The quantitative estimate of drug-likeness (QED) is 0.297. The molecule has 0 unspecified atom stereocenters. The standard InChI is InChI=1S/C25H22FN5O2S2/c1-2-10-31-24(33)20(35-25(31)34)16-19-22(27-21-5-3-4-11-30(21)23(19)32)29-14-12-28(13-15-29)18-8-6-17(26)7-9-18/h2-9,11,16H,1,10,12-15H2. The van der Waals surface area contributed by atoms with Crippen molar-refractivity contribution in [2.45, 2.75) is 0 Å². The molecule has 2 aliphatic heterocycles. The number of hydrogen-bond acceptors (Lipinski definition) is 7. The smallest absolute Gasteiger partial charge is 0.267 e. The summed E-state index contributed by atoms with van der Waals surface area (Å²) in [6, 6.07) is 11.8. The van der Waals surface area contributed by atoms with Gasteiger partial charge in [0.25, 0.3) is 11.5 Å². The van der Waals surface area contributed by atoms with E-state index in [4.69, 9.17) is 17.2 Å². The molecule has 0 radical (unpaired) electrons. The topological polar surface area (TPSA) is 61.2 Å². The van der Waals surface area contributed by atoms with E-state index in [2.05, 4.69) is 16.4 Å². The third-order valence-electron chi connectivity index (χ3n) is 5.98. The fourth-order valence-electron chi connectivity index (χ4n) is 4.20. The van der Waals surface area contributed by atoms with Crippen LogP contribution in [0, 0.1) is 5.82 Å². The van der Waals surface area contributed by atoms with Gasteiger partial charge in [-0.2, -0.15) is 0 Å². The lowest BCUT2D eigenvalue weighted by Crippen LogP contribution is -2.47. The lowest BCUT2D eigenvalue weighted by Gasteiger charge is -2.37. The van der Waals surface area contributed by atoms with Crippen LogP contribution in [0.3, 0.4) is 0 Å². The summed E-state index contributed by atoms with van der Waals surface area (Å²) < 4.78 is 15.2. The number of halogens is 1. The van der Waals surface area contributed by atoms with E-state index in [0.717, 1.165) is 5.69 Å². The molecule has 2 aliphatic rings. The van der Waals surface area contributed by atoms with Gasteiger partial charge in [-0.05, 0) is 42.5 Å². The van der Waals surface area contributed by atoms with Gasteiger partial charge in [-0.25, -0.2) is 9.37 Å². The van der Waals surface area contributed by atoms with Crippen LogP contribution in [0.5, 0.6) is 0 Å².